The van der Waals surface area contributed by atoms with Crippen molar-refractivity contribution < 1.29 is 27.4 Å². The van der Waals surface area contributed by atoms with Crippen LogP contribution in [0.2, 0.25) is 5.02 Å². The number of rotatable bonds is 4. The second-order valence-electron chi connectivity index (χ2n) is 10.5. The average Bonchev–Trinajstić information content (AvgIpc) is 3.46. The van der Waals surface area contributed by atoms with Crippen LogP contribution in [0.3, 0.4) is 0 Å². The Kier molecular flexibility index (Phi) is 7.03. The number of hydrogen-bond donors (Lipinski definition) is 0. The van der Waals surface area contributed by atoms with Gasteiger partial charge < -0.3 is 14.4 Å². The van der Waals surface area contributed by atoms with Crippen LogP contribution < -0.4 is 10.4 Å². The van der Waals surface area contributed by atoms with Gasteiger partial charge in [-0.3, -0.25) is 14.1 Å². The van der Waals surface area contributed by atoms with Crippen LogP contribution in [0.1, 0.15) is 38.8 Å². The molecule has 40 heavy (non-hydrogen) atoms. The quantitative estimate of drug-likeness (QED) is 0.267. The van der Waals surface area contributed by atoms with Gasteiger partial charge in [0.05, 0.1) is 39.5 Å². The molecule has 12 heteroatoms. The summed E-state index contributed by atoms with van der Waals surface area (Å²) in [5.74, 6) is 0.0988. The Balaban J connectivity index is 1.46. The zero-order valence-electron chi connectivity index (χ0n) is 21.9. The summed E-state index contributed by atoms with van der Waals surface area (Å²) in [5, 5.41) is 0.101. The number of alkyl halides is 3. The molecule has 0 radical (unpaired) electrons. The standard InChI is InChI=1S/C28H26ClF3N4O4/c1-27(2,3)40-26(38)34-12-10-19(16-34)36-22-9-11-33-15-23(22)35(25(36)37)18-7-8-24(21(29)14-18)39-20-6-4-5-17(13-20)28(30,31)32/h4-9,11,13-15,19H,10,12,16H2,1-3H3. The highest BCUT2D eigenvalue weighted by Gasteiger charge is 2.33. The summed E-state index contributed by atoms with van der Waals surface area (Å²) in [6.07, 6.45) is -1.24. The summed E-state index contributed by atoms with van der Waals surface area (Å²) in [6, 6.07) is 10.5. The molecule has 5 rings (SSSR count). The molecular formula is C28H26ClF3N4O4. The lowest BCUT2D eigenvalue weighted by Crippen LogP contribution is -2.36. The van der Waals surface area contributed by atoms with Crippen molar-refractivity contribution in [3.05, 3.63) is 82.0 Å². The van der Waals surface area contributed by atoms with Gasteiger partial charge in [0.1, 0.15) is 17.1 Å². The van der Waals surface area contributed by atoms with E-state index < -0.39 is 23.4 Å². The molecule has 2 aromatic carbocycles. The number of likely N-dealkylation sites (tertiary alicyclic amines) is 1. The van der Waals surface area contributed by atoms with Gasteiger partial charge in [0.25, 0.3) is 0 Å². The lowest BCUT2D eigenvalue weighted by Gasteiger charge is -2.24. The first kappa shape index (κ1) is 27.6. The molecule has 1 fully saturated rings. The lowest BCUT2D eigenvalue weighted by atomic mass is 10.2. The monoisotopic (exact) mass is 574 g/mol. The van der Waals surface area contributed by atoms with Gasteiger partial charge >= 0.3 is 18.0 Å². The van der Waals surface area contributed by atoms with E-state index in [1.54, 1.807) is 54.8 Å². The minimum atomic E-state index is -4.51. The Bertz CT molecular complexity index is 1640. The number of carbonyl (C=O) groups excluding carboxylic acids is 1. The number of pyridine rings is 1. The van der Waals surface area contributed by atoms with E-state index in [-0.39, 0.29) is 28.3 Å². The topological polar surface area (TPSA) is 78.6 Å². The van der Waals surface area contributed by atoms with Gasteiger partial charge in [0, 0.05) is 19.3 Å². The summed E-state index contributed by atoms with van der Waals surface area (Å²) in [6.45, 7) is 6.14. The third-order valence-electron chi connectivity index (χ3n) is 6.42. The fourth-order valence-electron chi connectivity index (χ4n) is 4.69. The number of nitrogens with zero attached hydrogens (tertiary/aromatic N) is 4. The number of halogens is 4. The Morgan fingerprint density at radius 1 is 1.07 bits per heavy atom. The summed E-state index contributed by atoms with van der Waals surface area (Å²) >= 11 is 6.46. The summed E-state index contributed by atoms with van der Waals surface area (Å²) in [4.78, 5) is 32.1. The normalized spacial score (nSPS) is 16.0. The van der Waals surface area contributed by atoms with E-state index in [2.05, 4.69) is 4.98 Å². The SMILES string of the molecule is CC(C)(C)OC(=O)N1CCC(n2c(=O)n(-c3ccc(Oc4cccc(C(F)(F)F)c4)c(Cl)c3)c3cnccc32)C1. The molecule has 1 amide bonds. The van der Waals surface area contributed by atoms with Crippen molar-refractivity contribution in [1.82, 2.24) is 19.0 Å². The summed E-state index contributed by atoms with van der Waals surface area (Å²) < 4.78 is 53.5. The van der Waals surface area contributed by atoms with Crippen molar-refractivity contribution in [1.29, 1.82) is 0 Å². The smallest absolute Gasteiger partial charge is 0.416 e. The van der Waals surface area contributed by atoms with Gasteiger partial charge in [-0.25, -0.2) is 9.59 Å². The van der Waals surface area contributed by atoms with E-state index in [0.29, 0.717) is 36.2 Å². The first-order valence-electron chi connectivity index (χ1n) is 12.5. The Morgan fingerprint density at radius 2 is 1.85 bits per heavy atom. The van der Waals surface area contributed by atoms with Crippen molar-refractivity contribution in [3.8, 4) is 17.2 Å². The van der Waals surface area contributed by atoms with Gasteiger partial charge in [0.2, 0.25) is 0 Å². The number of fused-ring (bicyclic) bond motifs is 1. The third-order valence-corrected chi connectivity index (χ3v) is 6.71. The molecule has 8 nitrogen and oxygen atoms in total. The zero-order valence-corrected chi connectivity index (χ0v) is 22.7. The van der Waals surface area contributed by atoms with Crippen molar-refractivity contribution in [3.63, 3.8) is 0 Å². The van der Waals surface area contributed by atoms with Crippen LogP contribution in [0, 0.1) is 0 Å². The number of imidazole rings is 1. The number of aromatic nitrogens is 3. The number of hydrogen-bond acceptors (Lipinski definition) is 5. The summed E-state index contributed by atoms with van der Waals surface area (Å²) in [5.41, 5.74) is -0.236. The Labute approximate surface area is 232 Å². The Hall–Kier alpha value is -3.99. The van der Waals surface area contributed by atoms with Crippen molar-refractivity contribution >= 4 is 28.7 Å². The van der Waals surface area contributed by atoms with E-state index >= 15 is 0 Å². The van der Waals surface area contributed by atoms with Crippen LogP contribution in [-0.2, 0) is 10.9 Å². The number of amides is 1. The van der Waals surface area contributed by atoms with Crippen molar-refractivity contribution in [2.75, 3.05) is 13.1 Å². The molecule has 1 atom stereocenters. The second kappa shape index (κ2) is 10.2. The molecule has 4 aromatic rings. The van der Waals surface area contributed by atoms with Crippen LogP contribution in [0.25, 0.3) is 16.7 Å². The van der Waals surface area contributed by atoms with E-state index in [0.717, 1.165) is 12.1 Å². The average molecular weight is 575 g/mol. The largest absolute Gasteiger partial charge is 0.456 e. The zero-order chi connectivity index (χ0) is 28.8. The third kappa shape index (κ3) is 5.51. The van der Waals surface area contributed by atoms with Crippen molar-refractivity contribution in [2.24, 2.45) is 0 Å². The minimum Gasteiger partial charge on any atom is -0.456 e. The van der Waals surface area contributed by atoms with Crippen molar-refractivity contribution in [2.45, 2.75) is 45.0 Å². The minimum absolute atomic E-state index is 0.0294. The maximum absolute atomic E-state index is 13.8. The molecule has 0 N–H and O–H groups in total. The van der Waals surface area contributed by atoms with Gasteiger partial charge in [-0.15, -0.1) is 0 Å². The molecule has 2 aromatic heterocycles. The lowest BCUT2D eigenvalue weighted by molar-refractivity contribution is -0.137. The van der Waals surface area contributed by atoms with Crippen LogP contribution in [0.4, 0.5) is 18.0 Å². The second-order valence-corrected chi connectivity index (χ2v) is 10.9. The molecule has 0 bridgehead atoms. The molecule has 0 aliphatic carbocycles. The predicted octanol–water partition coefficient (Wildman–Crippen LogP) is 6.83. The molecule has 1 saturated heterocycles. The Morgan fingerprint density at radius 3 is 2.55 bits per heavy atom. The van der Waals surface area contributed by atoms with Gasteiger partial charge in [0.15, 0.2) is 0 Å². The summed E-state index contributed by atoms with van der Waals surface area (Å²) in [7, 11) is 0. The van der Waals surface area contributed by atoms with Crippen LogP contribution in [0.15, 0.2) is 65.7 Å². The number of carbonyl (C=O) groups is 1. The van der Waals surface area contributed by atoms with Crippen LogP contribution >= 0.6 is 11.6 Å². The van der Waals surface area contributed by atoms with Crippen LogP contribution in [0.5, 0.6) is 11.5 Å². The molecule has 0 saturated carbocycles. The molecule has 1 aliphatic heterocycles. The molecule has 210 valence electrons. The maximum Gasteiger partial charge on any atom is 0.416 e. The fraction of sp³-hybridized carbons (Fsp3) is 0.321. The van der Waals surface area contributed by atoms with Crippen LogP contribution in [-0.4, -0.2) is 43.8 Å². The molecular weight excluding hydrogens is 549 g/mol. The highest BCUT2D eigenvalue weighted by Crippen LogP contribution is 2.36. The number of benzene rings is 2. The van der Waals surface area contributed by atoms with Gasteiger partial charge in [-0.2, -0.15) is 13.2 Å². The first-order chi connectivity index (χ1) is 18.8. The maximum atomic E-state index is 13.8. The van der Waals surface area contributed by atoms with Gasteiger partial charge in [-0.1, -0.05) is 17.7 Å². The number of ether oxygens (including phenoxy) is 2. The van der Waals surface area contributed by atoms with Gasteiger partial charge in [-0.05, 0) is 69.7 Å². The molecule has 1 aliphatic rings. The highest BCUT2D eigenvalue weighted by atomic mass is 35.5. The fourth-order valence-corrected chi connectivity index (χ4v) is 4.90. The first-order valence-corrected chi connectivity index (χ1v) is 12.9. The van der Waals surface area contributed by atoms with E-state index in [1.807, 2.05) is 0 Å². The molecule has 0 spiro atoms. The predicted molar refractivity (Wildman–Crippen MR) is 143 cm³/mol. The van der Waals surface area contributed by atoms with E-state index in [9.17, 15) is 22.8 Å². The molecule has 3 heterocycles. The van der Waals surface area contributed by atoms with E-state index in [1.165, 1.54) is 28.8 Å². The van der Waals surface area contributed by atoms with E-state index in [4.69, 9.17) is 21.1 Å². The highest BCUT2D eigenvalue weighted by molar-refractivity contribution is 6.32. The molecule has 1 unspecified atom stereocenters.